The molecule has 9 aromatic carbocycles. The van der Waals surface area contributed by atoms with Crippen LogP contribution in [0.2, 0.25) is 0 Å². The van der Waals surface area contributed by atoms with Gasteiger partial charge in [0.15, 0.2) is 5.82 Å². The number of fused-ring (bicyclic) bond motifs is 12. The minimum atomic E-state index is -0.716. The van der Waals surface area contributed by atoms with Crippen LogP contribution in [0.4, 0.5) is 0 Å². The van der Waals surface area contributed by atoms with Gasteiger partial charge in [0.2, 0.25) is 11.9 Å². The Balaban J connectivity index is 1.24. The number of rotatable bonds is 5. The van der Waals surface area contributed by atoms with E-state index in [1.807, 2.05) is 114 Å². The van der Waals surface area contributed by atoms with E-state index in [0.717, 1.165) is 41.7 Å². The zero-order chi connectivity index (χ0) is 55.8. The molecule has 14 rings (SSSR count). The Morgan fingerprint density at radius 2 is 0.859 bits per heavy atom. The lowest BCUT2D eigenvalue weighted by molar-refractivity contribution is 0.669. The summed E-state index contributed by atoms with van der Waals surface area (Å²) in [5.41, 5.74) is 3.31. The number of para-hydroxylation sites is 7. The molecule has 0 radical (unpaired) electrons. The standard InChI is InChI=1S/C57H34N6O/c1-8-24-45-37(16-1)38-17-2-9-25-46(38)61(45)51-30-15-23-36(35-32-33-53-44(34-35)43-22-7-14-31-52(43)64-53)54(51)55-58-56(62-47-26-10-3-18-39(47)40-19-4-11-27-48(40)62)60-57(59-55)63-49-28-12-5-20-41(49)42-21-6-13-29-50(42)63/h1-34H/i3D,4D,5D,6D,10D,11D,12D,13D,18D,19D,20D,21D,26D,27D,28D,29D. The van der Waals surface area contributed by atoms with Crippen LogP contribution in [-0.2, 0) is 0 Å². The van der Waals surface area contributed by atoms with E-state index < -0.39 is 109 Å². The van der Waals surface area contributed by atoms with E-state index in [-0.39, 0.29) is 49.4 Å². The quantitative estimate of drug-likeness (QED) is 0.173. The summed E-state index contributed by atoms with van der Waals surface area (Å²) in [6.07, 6.45) is 0. The number of hydrogen-bond donors (Lipinski definition) is 0. The molecule has 0 spiro atoms. The molecular weight excluding hydrogens is 785 g/mol. The number of furan rings is 1. The molecule has 5 aromatic heterocycles. The van der Waals surface area contributed by atoms with Crippen molar-refractivity contribution in [3.63, 3.8) is 0 Å². The van der Waals surface area contributed by atoms with Crippen molar-refractivity contribution < 1.29 is 26.3 Å². The molecule has 14 aromatic rings. The van der Waals surface area contributed by atoms with E-state index >= 15 is 0 Å². The van der Waals surface area contributed by atoms with Gasteiger partial charge in [-0.2, -0.15) is 15.0 Å². The van der Waals surface area contributed by atoms with Crippen LogP contribution < -0.4 is 0 Å². The maximum absolute atomic E-state index is 9.47. The molecular formula is C57H34N6O. The van der Waals surface area contributed by atoms with Crippen molar-refractivity contribution in [2.24, 2.45) is 0 Å². The van der Waals surface area contributed by atoms with E-state index in [2.05, 4.69) is 0 Å². The molecule has 0 fully saturated rings. The molecule has 7 nitrogen and oxygen atoms in total. The average Bonchev–Trinajstić information content (AvgIpc) is 3.65. The normalized spacial score (nSPS) is 15.6. The fraction of sp³-hybridized carbons (Fsp3) is 0. The molecule has 0 saturated carbocycles. The summed E-state index contributed by atoms with van der Waals surface area (Å²) in [4.78, 5) is 15.4. The fourth-order valence-electron chi connectivity index (χ4n) is 9.19. The highest BCUT2D eigenvalue weighted by atomic mass is 16.3. The monoisotopic (exact) mass is 834 g/mol. The zero-order valence-electron chi connectivity index (χ0n) is 49.0. The highest BCUT2D eigenvalue weighted by Crippen LogP contribution is 2.43. The Morgan fingerprint density at radius 1 is 0.375 bits per heavy atom. The van der Waals surface area contributed by atoms with Gasteiger partial charge in [0.05, 0.1) is 66.3 Å². The minimum Gasteiger partial charge on any atom is -0.456 e. The molecule has 0 aliphatic carbocycles. The van der Waals surface area contributed by atoms with Crippen LogP contribution in [0.1, 0.15) is 21.9 Å². The summed E-state index contributed by atoms with van der Waals surface area (Å²) >= 11 is 0. The molecule has 0 bridgehead atoms. The van der Waals surface area contributed by atoms with Crippen LogP contribution in [0.25, 0.3) is 127 Å². The molecule has 0 unspecified atom stereocenters. The molecule has 64 heavy (non-hydrogen) atoms. The average molecular weight is 835 g/mol. The SMILES string of the molecule is [2H]c1c([2H])c([2H])c2c(c1[2H])c1c([2H])c([2H])c([2H])c([2H])c1n2-c1nc(-c2c(-c3ccc4oc5ccccc5c4c3)cccc2-n2c3ccccc3c3ccccc32)nc(-n2c3c([2H])c([2H])c([2H])c([2H])c3c3c([2H])c([2H])c([2H])c([2H])c32)n1. The van der Waals surface area contributed by atoms with E-state index in [1.165, 1.54) is 0 Å². The maximum Gasteiger partial charge on any atom is 0.240 e. The summed E-state index contributed by atoms with van der Waals surface area (Å²) in [7, 11) is 0. The van der Waals surface area contributed by atoms with Gasteiger partial charge in [-0.3, -0.25) is 9.13 Å². The fourth-order valence-corrected chi connectivity index (χ4v) is 9.19. The third-order valence-electron chi connectivity index (χ3n) is 11.9. The first-order valence-corrected chi connectivity index (χ1v) is 20.2. The first-order valence-electron chi connectivity index (χ1n) is 28.2. The van der Waals surface area contributed by atoms with Crippen molar-refractivity contribution in [2.75, 3.05) is 0 Å². The second-order valence-electron chi connectivity index (χ2n) is 15.2. The predicted octanol–water partition coefficient (Wildman–Crippen LogP) is 14.4. The Hall–Kier alpha value is -8.81. The summed E-state index contributed by atoms with van der Waals surface area (Å²) in [6.45, 7) is 0. The molecule has 0 aliphatic rings. The van der Waals surface area contributed by atoms with Crippen LogP contribution >= 0.6 is 0 Å². The van der Waals surface area contributed by atoms with Crippen LogP contribution in [0, 0.1) is 0 Å². The zero-order valence-corrected chi connectivity index (χ0v) is 33.0. The molecule has 0 aliphatic heterocycles. The Bertz CT molecular complexity index is 4790. The van der Waals surface area contributed by atoms with Crippen molar-refractivity contribution in [1.82, 2.24) is 28.7 Å². The summed E-state index contributed by atoms with van der Waals surface area (Å²) in [5.74, 6) is -1.20. The van der Waals surface area contributed by atoms with Gasteiger partial charge in [-0.05, 0) is 71.7 Å². The topological polar surface area (TPSA) is 66.6 Å². The van der Waals surface area contributed by atoms with E-state index in [4.69, 9.17) is 30.3 Å². The number of aromatic nitrogens is 6. The lowest BCUT2D eigenvalue weighted by Gasteiger charge is -2.19. The highest BCUT2D eigenvalue weighted by molar-refractivity contribution is 6.12. The van der Waals surface area contributed by atoms with Gasteiger partial charge in [-0.1, -0.05) is 145 Å². The van der Waals surface area contributed by atoms with E-state index in [9.17, 15) is 11.0 Å². The van der Waals surface area contributed by atoms with Gasteiger partial charge >= 0.3 is 0 Å². The van der Waals surface area contributed by atoms with Gasteiger partial charge in [0.25, 0.3) is 0 Å². The first-order chi connectivity index (χ1) is 38.4. The molecule has 0 atom stereocenters. The minimum absolute atomic E-state index is 0.192. The highest BCUT2D eigenvalue weighted by Gasteiger charge is 2.25. The number of nitrogens with zero attached hydrogens (tertiary/aromatic N) is 6. The van der Waals surface area contributed by atoms with Gasteiger partial charge < -0.3 is 8.98 Å². The first kappa shape index (κ1) is 22.9. The summed E-state index contributed by atoms with van der Waals surface area (Å²) in [6, 6.07) is 23.6. The summed E-state index contributed by atoms with van der Waals surface area (Å²) < 4.78 is 156. The van der Waals surface area contributed by atoms with Crippen LogP contribution in [-0.4, -0.2) is 28.7 Å². The van der Waals surface area contributed by atoms with Crippen LogP contribution in [0.15, 0.2) is 210 Å². The van der Waals surface area contributed by atoms with Gasteiger partial charge in [0, 0.05) is 43.1 Å². The van der Waals surface area contributed by atoms with Crippen molar-refractivity contribution in [2.45, 2.75) is 0 Å². The number of hydrogen-bond acceptors (Lipinski definition) is 4. The molecule has 0 N–H and O–H groups in total. The van der Waals surface area contributed by atoms with Gasteiger partial charge in [0.1, 0.15) is 11.2 Å². The van der Waals surface area contributed by atoms with E-state index in [0.29, 0.717) is 33.5 Å². The second-order valence-corrected chi connectivity index (χ2v) is 15.2. The van der Waals surface area contributed by atoms with Gasteiger partial charge in [-0.25, -0.2) is 0 Å². The summed E-state index contributed by atoms with van der Waals surface area (Å²) in [5, 5.41) is 2.25. The Morgan fingerprint density at radius 3 is 1.42 bits per heavy atom. The molecule has 0 saturated heterocycles. The molecule has 0 amide bonds. The van der Waals surface area contributed by atoms with Crippen molar-refractivity contribution >= 4 is 87.4 Å². The second kappa shape index (κ2) is 13.3. The largest absolute Gasteiger partial charge is 0.456 e. The number of benzene rings is 9. The smallest absolute Gasteiger partial charge is 0.240 e. The van der Waals surface area contributed by atoms with Crippen LogP contribution in [0.5, 0.6) is 0 Å². The third-order valence-corrected chi connectivity index (χ3v) is 11.9. The lowest BCUT2D eigenvalue weighted by Crippen LogP contribution is -2.11. The lowest BCUT2D eigenvalue weighted by atomic mass is 9.95. The Kier molecular flexibility index (Phi) is 4.77. The molecule has 5 heterocycles. The van der Waals surface area contributed by atoms with Gasteiger partial charge in [-0.15, -0.1) is 0 Å². The molecule has 298 valence electrons. The third kappa shape index (κ3) is 4.94. The van der Waals surface area contributed by atoms with Crippen molar-refractivity contribution in [3.8, 4) is 40.1 Å². The maximum atomic E-state index is 9.47. The van der Waals surface area contributed by atoms with Crippen molar-refractivity contribution in [3.05, 3.63) is 206 Å². The molecule has 7 heteroatoms. The van der Waals surface area contributed by atoms with Crippen LogP contribution in [0.3, 0.4) is 0 Å². The predicted molar refractivity (Wildman–Crippen MR) is 261 cm³/mol. The Labute approximate surface area is 387 Å². The van der Waals surface area contributed by atoms with E-state index in [1.54, 1.807) is 0 Å². The van der Waals surface area contributed by atoms with Crippen molar-refractivity contribution in [1.29, 1.82) is 0 Å².